The maximum atomic E-state index is 12.7. The Hall–Kier alpha value is -1.20. The van der Waals surface area contributed by atoms with Gasteiger partial charge in [-0.15, -0.1) is 11.3 Å². The Morgan fingerprint density at radius 3 is 2.94 bits per heavy atom. The number of nitrogens with zero attached hydrogens (tertiary/aromatic N) is 2. The van der Waals surface area contributed by atoms with Crippen molar-refractivity contribution in [1.82, 2.24) is 9.97 Å². The van der Waals surface area contributed by atoms with Crippen molar-refractivity contribution in [2.45, 2.75) is 6.42 Å². The van der Waals surface area contributed by atoms with Gasteiger partial charge >= 0.3 is 0 Å². The molecule has 0 saturated carbocycles. The van der Waals surface area contributed by atoms with E-state index in [0.29, 0.717) is 12.4 Å². The van der Waals surface area contributed by atoms with E-state index in [1.807, 2.05) is 12.1 Å². The Kier molecular flexibility index (Phi) is 3.69. The smallest absolute Gasteiger partial charge is 0.217 e. The zero-order valence-corrected chi connectivity index (χ0v) is 9.85. The number of hydrogen-bond donors (Lipinski definition) is 1. The molecule has 0 unspecified atom stereocenters. The first-order chi connectivity index (χ1) is 7.74. The molecule has 0 bridgehead atoms. The van der Waals surface area contributed by atoms with Crippen LogP contribution in [0, 0.1) is 5.95 Å². The maximum Gasteiger partial charge on any atom is 0.217 e. The Bertz CT molecular complexity index is 475. The van der Waals surface area contributed by atoms with Gasteiger partial charge in [-0.25, -0.2) is 9.97 Å². The number of rotatable bonds is 4. The van der Waals surface area contributed by atoms with E-state index in [1.165, 1.54) is 17.3 Å². The Morgan fingerprint density at radius 2 is 2.25 bits per heavy atom. The van der Waals surface area contributed by atoms with Gasteiger partial charge in [0, 0.05) is 17.5 Å². The third-order valence-corrected chi connectivity index (χ3v) is 3.23. The third kappa shape index (κ3) is 3.15. The summed E-state index contributed by atoms with van der Waals surface area (Å²) in [5.41, 5.74) is 0. The Balaban J connectivity index is 1.84. The molecule has 3 nitrogen and oxygen atoms in total. The minimum absolute atomic E-state index is 0.496. The highest BCUT2D eigenvalue weighted by Gasteiger charge is 1.99. The van der Waals surface area contributed by atoms with Gasteiger partial charge in [0.05, 0.1) is 4.34 Å². The number of halogens is 2. The monoisotopic (exact) mass is 257 g/mol. The van der Waals surface area contributed by atoms with Crippen molar-refractivity contribution in [3.05, 3.63) is 39.7 Å². The van der Waals surface area contributed by atoms with Crippen molar-refractivity contribution < 1.29 is 4.39 Å². The predicted molar refractivity (Wildman–Crippen MR) is 63.5 cm³/mol. The molecule has 0 saturated heterocycles. The van der Waals surface area contributed by atoms with Crippen LogP contribution in [0.2, 0.25) is 4.34 Å². The standard InChI is InChI=1S/C10H9ClFN3S/c11-8-2-1-7(16-8)3-4-13-10-5-9(12)14-6-15-10/h1-2,5-6H,3-4H2,(H,13,14,15). The summed E-state index contributed by atoms with van der Waals surface area (Å²) in [4.78, 5) is 8.45. The summed E-state index contributed by atoms with van der Waals surface area (Å²) < 4.78 is 13.5. The van der Waals surface area contributed by atoms with Crippen LogP contribution in [0.25, 0.3) is 0 Å². The minimum Gasteiger partial charge on any atom is -0.370 e. The molecule has 0 aliphatic carbocycles. The van der Waals surface area contributed by atoms with E-state index in [9.17, 15) is 4.39 Å². The lowest BCUT2D eigenvalue weighted by Crippen LogP contribution is -2.06. The molecule has 84 valence electrons. The molecule has 16 heavy (non-hydrogen) atoms. The molecular weight excluding hydrogens is 249 g/mol. The van der Waals surface area contributed by atoms with Crippen LogP contribution in [0.3, 0.4) is 0 Å². The number of nitrogens with one attached hydrogen (secondary N) is 1. The van der Waals surface area contributed by atoms with Crippen LogP contribution in [0.4, 0.5) is 10.2 Å². The average Bonchev–Trinajstić information content (AvgIpc) is 2.64. The summed E-state index contributed by atoms with van der Waals surface area (Å²) in [5.74, 6) is -0.0354. The molecule has 0 aromatic carbocycles. The second kappa shape index (κ2) is 5.23. The number of aromatic nitrogens is 2. The number of anilines is 1. The second-order valence-corrected chi connectivity index (χ2v) is 4.91. The van der Waals surface area contributed by atoms with Gasteiger partial charge in [0.25, 0.3) is 0 Å². The molecular formula is C10H9ClFN3S. The number of thiophene rings is 1. The van der Waals surface area contributed by atoms with E-state index in [2.05, 4.69) is 15.3 Å². The molecule has 0 spiro atoms. The lowest BCUT2D eigenvalue weighted by molar-refractivity contribution is 0.580. The van der Waals surface area contributed by atoms with Gasteiger partial charge in [0.2, 0.25) is 5.95 Å². The summed E-state index contributed by atoms with van der Waals surface area (Å²) in [6.07, 6.45) is 2.03. The lowest BCUT2D eigenvalue weighted by Gasteiger charge is -2.03. The van der Waals surface area contributed by atoms with Crippen molar-refractivity contribution in [3.8, 4) is 0 Å². The van der Waals surface area contributed by atoms with Crippen LogP contribution in [0.15, 0.2) is 24.5 Å². The van der Waals surface area contributed by atoms with E-state index in [4.69, 9.17) is 11.6 Å². The molecule has 2 aromatic rings. The van der Waals surface area contributed by atoms with E-state index in [0.717, 1.165) is 10.8 Å². The van der Waals surface area contributed by atoms with Gasteiger partial charge in [0.15, 0.2) is 0 Å². The van der Waals surface area contributed by atoms with Crippen LogP contribution >= 0.6 is 22.9 Å². The largest absolute Gasteiger partial charge is 0.370 e. The van der Waals surface area contributed by atoms with Crippen LogP contribution < -0.4 is 5.32 Å². The van der Waals surface area contributed by atoms with Crippen molar-refractivity contribution in [2.75, 3.05) is 11.9 Å². The van der Waals surface area contributed by atoms with Crippen LogP contribution in [-0.4, -0.2) is 16.5 Å². The van der Waals surface area contributed by atoms with Crippen molar-refractivity contribution in [3.63, 3.8) is 0 Å². The van der Waals surface area contributed by atoms with Gasteiger partial charge in [-0.05, 0) is 18.6 Å². The summed E-state index contributed by atoms with van der Waals surface area (Å²) in [7, 11) is 0. The molecule has 0 aliphatic heterocycles. The molecule has 1 N–H and O–H groups in total. The SMILES string of the molecule is Fc1cc(NCCc2ccc(Cl)s2)ncn1. The Labute approximate surface area is 101 Å². The van der Waals surface area contributed by atoms with Crippen LogP contribution in [0.1, 0.15) is 4.88 Å². The summed E-state index contributed by atoms with van der Waals surface area (Å²) in [5, 5.41) is 3.02. The predicted octanol–water partition coefficient (Wildman–Crippen LogP) is 2.99. The molecule has 2 aromatic heterocycles. The summed E-state index contributed by atoms with van der Waals surface area (Å²) >= 11 is 7.35. The van der Waals surface area contributed by atoms with E-state index < -0.39 is 5.95 Å². The molecule has 2 rings (SSSR count). The van der Waals surface area contributed by atoms with Gasteiger partial charge in [0.1, 0.15) is 12.1 Å². The van der Waals surface area contributed by atoms with Crippen molar-refractivity contribution >= 4 is 28.8 Å². The highest BCUT2D eigenvalue weighted by atomic mass is 35.5. The van der Waals surface area contributed by atoms with Gasteiger partial charge in [-0.2, -0.15) is 4.39 Å². The quantitative estimate of drug-likeness (QED) is 0.856. The van der Waals surface area contributed by atoms with E-state index in [-0.39, 0.29) is 0 Å². The van der Waals surface area contributed by atoms with Crippen LogP contribution in [0.5, 0.6) is 0 Å². The van der Waals surface area contributed by atoms with E-state index >= 15 is 0 Å². The summed E-state index contributed by atoms with van der Waals surface area (Å²) in [6.45, 7) is 0.688. The highest BCUT2D eigenvalue weighted by Crippen LogP contribution is 2.21. The number of hydrogen-bond acceptors (Lipinski definition) is 4. The van der Waals surface area contributed by atoms with Crippen LogP contribution in [-0.2, 0) is 6.42 Å². The normalized spacial score (nSPS) is 10.4. The first-order valence-corrected chi connectivity index (χ1v) is 5.89. The van der Waals surface area contributed by atoms with Gasteiger partial charge in [-0.1, -0.05) is 11.6 Å². The fourth-order valence-corrected chi connectivity index (χ4v) is 2.32. The zero-order valence-electron chi connectivity index (χ0n) is 8.28. The molecule has 0 aliphatic rings. The minimum atomic E-state index is -0.531. The molecule has 0 fully saturated rings. The molecule has 0 radical (unpaired) electrons. The second-order valence-electron chi connectivity index (χ2n) is 3.11. The fraction of sp³-hybridized carbons (Fsp3) is 0.200. The highest BCUT2D eigenvalue weighted by molar-refractivity contribution is 7.16. The third-order valence-electron chi connectivity index (χ3n) is 1.94. The molecule has 2 heterocycles. The maximum absolute atomic E-state index is 12.7. The Morgan fingerprint density at radius 1 is 1.38 bits per heavy atom. The van der Waals surface area contributed by atoms with Gasteiger partial charge < -0.3 is 5.32 Å². The first kappa shape index (κ1) is 11.3. The van der Waals surface area contributed by atoms with Crippen molar-refractivity contribution in [2.24, 2.45) is 0 Å². The molecule has 0 amide bonds. The first-order valence-electron chi connectivity index (χ1n) is 4.69. The molecule has 6 heteroatoms. The van der Waals surface area contributed by atoms with Gasteiger partial charge in [-0.3, -0.25) is 0 Å². The lowest BCUT2D eigenvalue weighted by atomic mass is 10.3. The summed E-state index contributed by atoms with van der Waals surface area (Å²) in [6, 6.07) is 5.11. The molecule has 0 atom stereocenters. The van der Waals surface area contributed by atoms with E-state index in [1.54, 1.807) is 11.3 Å². The fourth-order valence-electron chi connectivity index (χ4n) is 1.23. The van der Waals surface area contributed by atoms with Crippen molar-refractivity contribution in [1.29, 1.82) is 0 Å². The topological polar surface area (TPSA) is 37.8 Å². The zero-order chi connectivity index (χ0) is 11.4. The average molecular weight is 258 g/mol.